The van der Waals surface area contributed by atoms with E-state index in [9.17, 15) is 18.3 Å². The molecule has 5 nitrogen and oxygen atoms in total. The number of hydrogen-bond donors (Lipinski definition) is 2. The van der Waals surface area contributed by atoms with Crippen molar-refractivity contribution < 1.29 is 23.4 Å². The van der Waals surface area contributed by atoms with E-state index in [4.69, 9.17) is 5.11 Å². The van der Waals surface area contributed by atoms with Crippen LogP contribution < -0.4 is 0 Å². The van der Waals surface area contributed by atoms with Crippen LogP contribution in [-0.4, -0.2) is 41.2 Å². The molecule has 0 bridgehead atoms. The van der Waals surface area contributed by atoms with E-state index in [1.165, 1.54) is 0 Å². The van der Waals surface area contributed by atoms with Crippen molar-refractivity contribution in [2.24, 2.45) is 11.3 Å². The standard InChI is InChI=1S/C11H18O5S/c1-10(2)7(3-6-17(10,15)16)11(4-5-11)8(12)9(13)14/h7-8,12H,3-6H2,1-2H3,(H,13,14). The zero-order valence-corrected chi connectivity index (χ0v) is 10.8. The van der Waals surface area contributed by atoms with Gasteiger partial charge in [0, 0.05) is 5.41 Å². The second kappa shape index (κ2) is 3.45. The fourth-order valence-corrected chi connectivity index (χ4v) is 5.14. The normalized spacial score (nSPS) is 34.2. The van der Waals surface area contributed by atoms with Crippen molar-refractivity contribution >= 4 is 15.8 Å². The number of rotatable bonds is 3. The molecule has 1 heterocycles. The maximum absolute atomic E-state index is 11.9. The van der Waals surface area contributed by atoms with E-state index in [1.54, 1.807) is 13.8 Å². The Morgan fingerprint density at radius 3 is 2.18 bits per heavy atom. The topological polar surface area (TPSA) is 91.7 Å². The summed E-state index contributed by atoms with van der Waals surface area (Å²) in [5.74, 6) is -1.41. The molecule has 2 atom stereocenters. The lowest BCUT2D eigenvalue weighted by Crippen LogP contribution is -2.45. The van der Waals surface area contributed by atoms with Crippen LogP contribution in [0.4, 0.5) is 0 Å². The largest absolute Gasteiger partial charge is 0.479 e. The lowest BCUT2D eigenvalue weighted by Gasteiger charge is -2.34. The number of carboxylic acids is 1. The lowest BCUT2D eigenvalue weighted by atomic mass is 9.75. The third-order valence-corrected chi connectivity index (χ3v) is 7.28. The van der Waals surface area contributed by atoms with E-state index < -0.39 is 32.1 Å². The summed E-state index contributed by atoms with van der Waals surface area (Å²) in [6, 6.07) is 0. The van der Waals surface area contributed by atoms with Crippen LogP contribution in [0.25, 0.3) is 0 Å². The Labute approximate surface area is 101 Å². The van der Waals surface area contributed by atoms with Crippen molar-refractivity contribution in [2.45, 2.75) is 44.0 Å². The van der Waals surface area contributed by atoms with Crippen LogP contribution in [0.3, 0.4) is 0 Å². The van der Waals surface area contributed by atoms with Crippen molar-refractivity contribution in [3.63, 3.8) is 0 Å². The van der Waals surface area contributed by atoms with Gasteiger partial charge < -0.3 is 10.2 Å². The summed E-state index contributed by atoms with van der Waals surface area (Å²) in [4.78, 5) is 10.9. The Balaban J connectivity index is 2.35. The highest BCUT2D eigenvalue weighted by Crippen LogP contribution is 2.62. The molecule has 1 aliphatic carbocycles. The Bertz CT molecular complexity index is 446. The van der Waals surface area contributed by atoms with Crippen LogP contribution in [0.2, 0.25) is 0 Å². The van der Waals surface area contributed by atoms with Gasteiger partial charge in [0.1, 0.15) is 0 Å². The monoisotopic (exact) mass is 262 g/mol. The van der Waals surface area contributed by atoms with Crippen LogP contribution in [0, 0.1) is 11.3 Å². The van der Waals surface area contributed by atoms with E-state index in [0.717, 1.165) is 0 Å². The quantitative estimate of drug-likeness (QED) is 0.769. The molecule has 6 heteroatoms. The number of sulfone groups is 1. The van der Waals surface area contributed by atoms with E-state index in [1.807, 2.05) is 0 Å². The highest BCUT2D eigenvalue weighted by atomic mass is 32.2. The molecule has 0 aromatic rings. The Kier molecular flexibility index (Phi) is 2.60. The predicted octanol–water partition coefficient (Wildman–Crippen LogP) is 0.425. The second-order valence-electron chi connectivity index (χ2n) is 5.74. The van der Waals surface area contributed by atoms with Crippen molar-refractivity contribution in [1.29, 1.82) is 0 Å². The molecular weight excluding hydrogens is 244 g/mol. The van der Waals surface area contributed by atoms with E-state index in [0.29, 0.717) is 19.3 Å². The molecule has 0 radical (unpaired) electrons. The summed E-state index contributed by atoms with van der Waals surface area (Å²) < 4.78 is 22.9. The number of carboxylic acid groups (broad SMARTS) is 1. The first-order chi connectivity index (χ1) is 7.65. The molecule has 1 saturated carbocycles. The number of aliphatic carboxylic acids is 1. The van der Waals surface area contributed by atoms with Gasteiger partial charge >= 0.3 is 5.97 Å². The zero-order valence-electron chi connectivity index (χ0n) is 10.0. The van der Waals surface area contributed by atoms with Crippen LogP contribution in [0.5, 0.6) is 0 Å². The van der Waals surface area contributed by atoms with Gasteiger partial charge in [0.25, 0.3) is 0 Å². The van der Waals surface area contributed by atoms with Gasteiger partial charge in [-0.3, -0.25) is 0 Å². The van der Waals surface area contributed by atoms with Crippen LogP contribution in [0.15, 0.2) is 0 Å². The van der Waals surface area contributed by atoms with Gasteiger partial charge in [-0.25, -0.2) is 13.2 Å². The van der Waals surface area contributed by atoms with Gasteiger partial charge in [-0.1, -0.05) is 0 Å². The SMILES string of the molecule is CC1(C)C(C2(C(O)C(=O)O)CC2)CCS1(=O)=O. The summed E-state index contributed by atoms with van der Waals surface area (Å²) >= 11 is 0. The number of hydrogen-bond acceptors (Lipinski definition) is 4. The highest BCUT2D eigenvalue weighted by molar-refractivity contribution is 7.93. The predicted molar refractivity (Wildman–Crippen MR) is 61.3 cm³/mol. The van der Waals surface area contributed by atoms with E-state index >= 15 is 0 Å². The molecule has 2 rings (SSSR count). The maximum Gasteiger partial charge on any atom is 0.333 e. The van der Waals surface area contributed by atoms with Crippen LogP contribution in [-0.2, 0) is 14.6 Å². The number of aliphatic hydroxyl groups is 1. The number of aliphatic hydroxyl groups excluding tert-OH is 1. The molecule has 2 fully saturated rings. The van der Waals surface area contributed by atoms with Gasteiger partial charge in [0.2, 0.25) is 0 Å². The average molecular weight is 262 g/mol. The first kappa shape index (κ1) is 12.8. The molecule has 2 aliphatic rings. The molecule has 0 aromatic carbocycles. The van der Waals surface area contributed by atoms with E-state index in [2.05, 4.69) is 0 Å². The maximum atomic E-state index is 11.9. The summed E-state index contributed by atoms with van der Waals surface area (Å²) in [5, 5.41) is 18.7. The summed E-state index contributed by atoms with van der Waals surface area (Å²) in [5.41, 5.74) is -0.723. The third-order valence-electron chi connectivity index (χ3n) is 4.62. The molecule has 2 unspecified atom stereocenters. The minimum absolute atomic E-state index is 0.0960. The molecule has 1 aliphatic heterocycles. The van der Waals surface area contributed by atoms with Crippen molar-refractivity contribution in [1.82, 2.24) is 0 Å². The van der Waals surface area contributed by atoms with Gasteiger partial charge in [0.05, 0.1) is 10.5 Å². The first-order valence-electron chi connectivity index (χ1n) is 5.78. The Morgan fingerprint density at radius 2 is 1.88 bits per heavy atom. The third kappa shape index (κ3) is 1.61. The minimum Gasteiger partial charge on any atom is -0.479 e. The van der Waals surface area contributed by atoms with Gasteiger partial charge in [-0.2, -0.15) is 0 Å². The Morgan fingerprint density at radius 1 is 1.35 bits per heavy atom. The first-order valence-corrected chi connectivity index (χ1v) is 7.43. The smallest absolute Gasteiger partial charge is 0.333 e. The average Bonchev–Trinajstić information content (AvgIpc) is 2.93. The van der Waals surface area contributed by atoms with Crippen molar-refractivity contribution in [3.05, 3.63) is 0 Å². The van der Waals surface area contributed by atoms with Crippen molar-refractivity contribution in [3.8, 4) is 0 Å². The molecule has 1 saturated heterocycles. The molecular formula is C11H18O5S. The van der Waals surface area contributed by atoms with Crippen LogP contribution in [0.1, 0.15) is 33.1 Å². The van der Waals surface area contributed by atoms with Crippen LogP contribution >= 0.6 is 0 Å². The second-order valence-corrected chi connectivity index (χ2v) is 8.43. The molecule has 2 N–H and O–H groups in total. The molecule has 17 heavy (non-hydrogen) atoms. The van der Waals surface area contributed by atoms with E-state index in [-0.39, 0.29) is 11.7 Å². The fraction of sp³-hybridized carbons (Fsp3) is 0.909. The van der Waals surface area contributed by atoms with Gasteiger partial charge in [-0.15, -0.1) is 0 Å². The summed E-state index contributed by atoms with van der Waals surface area (Å²) in [6.07, 6.45) is 0.216. The Hall–Kier alpha value is -0.620. The van der Waals surface area contributed by atoms with Gasteiger partial charge in [0.15, 0.2) is 15.9 Å². The summed E-state index contributed by atoms with van der Waals surface area (Å²) in [7, 11) is -3.18. The molecule has 98 valence electrons. The summed E-state index contributed by atoms with van der Waals surface area (Å²) in [6.45, 7) is 3.29. The lowest BCUT2D eigenvalue weighted by molar-refractivity contribution is -0.152. The van der Waals surface area contributed by atoms with Gasteiger partial charge in [-0.05, 0) is 39.0 Å². The zero-order chi connectivity index (χ0) is 13.1. The molecule has 0 aromatic heterocycles. The number of carbonyl (C=O) groups is 1. The fourth-order valence-electron chi connectivity index (χ4n) is 3.28. The highest BCUT2D eigenvalue weighted by Gasteiger charge is 2.65. The molecule has 0 spiro atoms. The minimum atomic E-state index is -3.18. The van der Waals surface area contributed by atoms with Crippen molar-refractivity contribution in [2.75, 3.05) is 5.75 Å². The molecule has 0 amide bonds.